The quantitative estimate of drug-likeness (QED) is 0.819. The van der Waals surface area contributed by atoms with E-state index in [1.165, 1.54) is 0 Å². The Balaban J connectivity index is 1.99. The van der Waals surface area contributed by atoms with Gasteiger partial charge in [0.2, 0.25) is 0 Å². The molecule has 1 aromatic rings. The topological polar surface area (TPSA) is 70.7 Å². The molecule has 23 heavy (non-hydrogen) atoms. The standard InChI is InChI=1S/C17H25N3O3/c1-12-11-14(16(21)18-8-10-23-3)6-7-15(12)19-17(22)20-9-4-5-13(20)2/h6-7,11,13H,4-5,8-10H2,1-3H3,(H,18,21)(H,19,22)/t13-/m1/s1. The number of nitrogens with zero attached hydrogens (tertiary/aromatic N) is 1. The van der Waals surface area contributed by atoms with E-state index in [2.05, 4.69) is 17.6 Å². The van der Waals surface area contributed by atoms with Crippen LogP contribution in [-0.2, 0) is 4.74 Å². The molecule has 0 unspecified atom stereocenters. The molecule has 3 amide bonds. The summed E-state index contributed by atoms with van der Waals surface area (Å²) in [6, 6.07) is 5.49. The highest BCUT2D eigenvalue weighted by atomic mass is 16.5. The number of likely N-dealkylation sites (tertiary alicyclic amines) is 1. The van der Waals surface area contributed by atoms with E-state index in [1.54, 1.807) is 25.3 Å². The molecule has 1 aliphatic rings. The van der Waals surface area contributed by atoms with Crippen molar-refractivity contribution in [3.05, 3.63) is 29.3 Å². The third-order valence-electron chi connectivity index (χ3n) is 4.14. The van der Waals surface area contributed by atoms with Crippen LogP contribution in [0.4, 0.5) is 10.5 Å². The van der Waals surface area contributed by atoms with Gasteiger partial charge in [-0.1, -0.05) is 0 Å². The van der Waals surface area contributed by atoms with E-state index >= 15 is 0 Å². The Bertz CT molecular complexity index is 574. The van der Waals surface area contributed by atoms with Crippen LogP contribution in [-0.4, -0.2) is 49.7 Å². The van der Waals surface area contributed by atoms with Crippen molar-refractivity contribution in [2.75, 3.05) is 32.1 Å². The van der Waals surface area contributed by atoms with E-state index < -0.39 is 0 Å². The van der Waals surface area contributed by atoms with Gasteiger partial charge in [-0.25, -0.2) is 4.79 Å². The second-order valence-electron chi connectivity index (χ2n) is 5.89. The van der Waals surface area contributed by atoms with Gasteiger partial charge in [-0.15, -0.1) is 0 Å². The average Bonchev–Trinajstić information content (AvgIpc) is 2.95. The molecule has 0 saturated carbocycles. The zero-order chi connectivity index (χ0) is 16.8. The Morgan fingerprint density at radius 1 is 1.39 bits per heavy atom. The third-order valence-corrected chi connectivity index (χ3v) is 4.14. The van der Waals surface area contributed by atoms with Crippen molar-refractivity contribution in [2.45, 2.75) is 32.7 Å². The minimum atomic E-state index is -0.142. The zero-order valence-electron chi connectivity index (χ0n) is 14.0. The Labute approximate surface area is 137 Å². The lowest BCUT2D eigenvalue weighted by molar-refractivity contribution is 0.0937. The van der Waals surface area contributed by atoms with Crippen molar-refractivity contribution in [1.29, 1.82) is 0 Å². The van der Waals surface area contributed by atoms with Crippen LogP contribution in [0, 0.1) is 6.92 Å². The molecular weight excluding hydrogens is 294 g/mol. The first-order valence-electron chi connectivity index (χ1n) is 7.98. The molecule has 1 heterocycles. The third kappa shape index (κ3) is 4.45. The van der Waals surface area contributed by atoms with Gasteiger partial charge in [-0.2, -0.15) is 0 Å². The fourth-order valence-electron chi connectivity index (χ4n) is 2.74. The number of methoxy groups -OCH3 is 1. The van der Waals surface area contributed by atoms with Crippen LogP contribution in [0.1, 0.15) is 35.7 Å². The number of nitrogens with one attached hydrogen (secondary N) is 2. The van der Waals surface area contributed by atoms with Gasteiger partial charge in [0.1, 0.15) is 0 Å². The molecule has 0 aliphatic carbocycles. The number of ether oxygens (including phenoxy) is 1. The Morgan fingerprint density at radius 2 is 2.17 bits per heavy atom. The van der Waals surface area contributed by atoms with Crippen molar-refractivity contribution in [3.8, 4) is 0 Å². The lowest BCUT2D eigenvalue weighted by atomic mass is 10.1. The van der Waals surface area contributed by atoms with Crippen LogP contribution in [0.25, 0.3) is 0 Å². The maximum absolute atomic E-state index is 12.3. The molecule has 0 spiro atoms. The van der Waals surface area contributed by atoms with Gasteiger partial charge in [0.15, 0.2) is 0 Å². The number of carbonyl (C=O) groups excluding carboxylic acids is 2. The van der Waals surface area contributed by atoms with Crippen LogP contribution in [0.5, 0.6) is 0 Å². The van der Waals surface area contributed by atoms with E-state index in [0.717, 1.165) is 30.6 Å². The summed E-state index contributed by atoms with van der Waals surface area (Å²) >= 11 is 0. The molecule has 6 heteroatoms. The number of hydrogen-bond acceptors (Lipinski definition) is 3. The average molecular weight is 319 g/mol. The molecule has 0 aromatic heterocycles. The maximum Gasteiger partial charge on any atom is 0.322 e. The van der Waals surface area contributed by atoms with Gasteiger partial charge in [0, 0.05) is 37.5 Å². The fourth-order valence-corrected chi connectivity index (χ4v) is 2.74. The van der Waals surface area contributed by atoms with Gasteiger partial charge in [0.25, 0.3) is 5.91 Å². The van der Waals surface area contributed by atoms with Crippen molar-refractivity contribution < 1.29 is 14.3 Å². The lowest BCUT2D eigenvalue weighted by Crippen LogP contribution is -2.37. The minimum absolute atomic E-state index is 0.0737. The van der Waals surface area contributed by atoms with E-state index in [0.29, 0.717) is 18.7 Å². The first kappa shape index (κ1) is 17.3. The Morgan fingerprint density at radius 3 is 2.78 bits per heavy atom. The highest BCUT2D eigenvalue weighted by molar-refractivity contribution is 5.96. The lowest BCUT2D eigenvalue weighted by Gasteiger charge is -2.22. The van der Waals surface area contributed by atoms with E-state index in [9.17, 15) is 9.59 Å². The van der Waals surface area contributed by atoms with Crippen LogP contribution in [0.2, 0.25) is 0 Å². The fraction of sp³-hybridized carbons (Fsp3) is 0.529. The summed E-state index contributed by atoms with van der Waals surface area (Å²) in [6.45, 7) is 5.69. The van der Waals surface area contributed by atoms with Crippen molar-refractivity contribution >= 4 is 17.6 Å². The molecule has 6 nitrogen and oxygen atoms in total. The number of amides is 3. The van der Waals surface area contributed by atoms with Gasteiger partial charge in [-0.3, -0.25) is 4.79 Å². The van der Waals surface area contributed by atoms with Gasteiger partial charge in [-0.05, 0) is 50.5 Å². The number of aryl methyl sites for hydroxylation is 1. The molecule has 126 valence electrons. The van der Waals surface area contributed by atoms with E-state index in [-0.39, 0.29) is 18.0 Å². The minimum Gasteiger partial charge on any atom is -0.383 e. The summed E-state index contributed by atoms with van der Waals surface area (Å²) < 4.78 is 4.91. The van der Waals surface area contributed by atoms with Crippen molar-refractivity contribution in [1.82, 2.24) is 10.2 Å². The Hall–Kier alpha value is -2.08. The summed E-state index contributed by atoms with van der Waals surface area (Å²) in [5.41, 5.74) is 2.18. The van der Waals surface area contributed by atoms with Gasteiger partial charge < -0.3 is 20.3 Å². The summed E-state index contributed by atoms with van der Waals surface area (Å²) in [7, 11) is 1.59. The second kappa shape index (κ2) is 7.97. The highest BCUT2D eigenvalue weighted by Gasteiger charge is 2.25. The van der Waals surface area contributed by atoms with Crippen LogP contribution in [0.3, 0.4) is 0 Å². The number of urea groups is 1. The predicted octanol–water partition coefficient (Wildman–Crippen LogP) is 2.39. The molecule has 2 N–H and O–H groups in total. The number of rotatable bonds is 5. The van der Waals surface area contributed by atoms with Crippen molar-refractivity contribution in [2.24, 2.45) is 0 Å². The molecule has 1 saturated heterocycles. The number of benzene rings is 1. The first-order chi connectivity index (χ1) is 11.0. The van der Waals surface area contributed by atoms with Gasteiger partial charge >= 0.3 is 6.03 Å². The highest BCUT2D eigenvalue weighted by Crippen LogP contribution is 2.21. The number of anilines is 1. The van der Waals surface area contributed by atoms with Crippen LogP contribution < -0.4 is 10.6 Å². The predicted molar refractivity (Wildman–Crippen MR) is 89.8 cm³/mol. The molecule has 1 aromatic carbocycles. The van der Waals surface area contributed by atoms with E-state index in [4.69, 9.17) is 4.74 Å². The number of carbonyl (C=O) groups is 2. The zero-order valence-corrected chi connectivity index (χ0v) is 14.0. The monoisotopic (exact) mass is 319 g/mol. The van der Waals surface area contributed by atoms with Crippen LogP contribution >= 0.6 is 0 Å². The smallest absolute Gasteiger partial charge is 0.322 e. The molecular formula is C17H25N3O3. The summed E-state index contributed by atoms with van der Waals surface area (Å²) in [6.07, 6.45) is 2.10. The summed E-state index contributed by atoms with van der Waals surface area (Å²) in [4.78, 5) is 26.1. The number of hydrogen-bond donors (Lipinski definition) is 2. The molecule has 1 fully saturated rings. The van der Waals surface area contributed by atoms with Crippen LogP contribution in [0.15, 0.2) is 18.2 Å². The molecule has 2 rings (SSSR count). The summed E-state index contributed by atoms with van der Waals surface area (Å²) in [5, 5.41) is 5.71. The summed E-state index contributed by atoms with van der Waals surface area (Å²) in [5.74, 6) is -0.142. The second-order valence-corrected chi connectivity index (χ2v) is 5.89. The molecule has 1 aliphatic heterocycles. The maximum atomic E-state index is 12.3. The normalized spacial score (nSPS) is 17.2. The van der Waals surface area contributed by atoms with Gasteiger partial charge in [0.05, 0.1) is 6.61 Å². The first-order valence-corrected chi connectivity index (χ1v) is 7.98. The van der Waals surface area contributed by atoms with Crippen molar-refractivity contribution in [3.63, 3.8) is 0 Å². The largest absolute Gasteiger partial charge is 0.383 e. The SMILES string of the molecule is COCCNC(=O)c1ccc(NC(=O)N2CCC[C@H]2C)c(C)c1. The molecule has 1 atom stereocenters. The van der Waals surface area contributed by atoms with E-state index in [1.807, 2.05) is 11.8 Å². The molecule has 0 bridgehead atoms. The Kier molecular flexibility index (Phi) is 5.98. The molecule has 0 radical (unpaired) electrons.